The molecular formula is C23H23N3O2S. The maximum absolute atomic E-state index is 12.5. The van der Waals surface area contributed by atoms with Gasteiger partial charge in [-0.3, -0.25) is 9.59 Å². The molecule has 6 heteroatoms. The van der Waals surface area contributed by atoms with Crippen molar-refractivity contribution in [3.8, 4) is 21.8 Å². The molecule has 29 heavy (non-hydrogen) atoms. The molecule has 1 N–H and O–H groups in total. The average Bonchev–Trinajstić information content (AvgIpc) is 3.17. The smallest absolute Gasteiger partial charge is 0.270 e. The fourth-order valence-electron chi connectivity index (χ4n) is 3.81. The SMILES string of the molecule is O=C(Cc1ccc(-c2nc(-c3c[nH]c(C(=O)N4CCCC4)c3)cs2)cc1)C1CC1. The van der Waals surface area contributed by atoms with Gasteiger partial charge >= 0.3 is 0 Å². The highest BCUT2D eigenvalue weighted by atomic mass is 32.1. The Morgan fingerprint density at radius 1 is 1.10 bits per heavy atom. The molecule has 3 aromatic rings. The molecule has 2 fully saturated rings. The maximum atomic E-state index is 12.5. The van der Waals surface area contributed by atoms with Gasteiger partial charge in [0.05, 0.1) is 5.69 Å². The van der Waals surface area contributed by atoms with Crippen LogP contribution in [0.2, 0.25) is 0 Å². The van der Waals surface area contributed by atoms with Crippen molar-refractivity contribution in [1.82, 2.24) is 14.9 Å². The molecule has 1 aliphatic heterocycles. The lowest BCUT2D eigenvalue weighted by molar-refractivity contribution is -0.119. The van der Waals surface area contributed by atoms with Gasteiger partial charge in [-0.2, -0.15) is 0 Å². The number of aromatic nitrogens is 2. The highest BCUT2D eigenvalue weighted by Crippen LogP contribution is 2.32. The van der Waals surface area contributed by atoms with E-state index in [2.05, 4.69) is 4.98 Å². The third-order valence-corrected chi connectivity index (χ3v) is 6.61. The van der Waals surface area contributed by atoms with Crippen molar-refractivity contribution in [3.63, 3.8) is 0 Å². The molecule has 1 aromatic carbocycles. The molecule has 0 bridgehead atoms. The number of hydrogen-bond donors (Lipinski definition) is 1. The minimum absolute atomic E-state index is 0.0699. The fraction of sp³-hybridized carbons (Fsp3) is 0.348. The second-order valence-corrected chi connectivity index (χ2v) is 8.81. The van der Waals surface area contributed by atoms with Gasteiger partial charge < -0.3 is 9.88 Å². The number of carbonyl (C=O) groups excluding carboxylic acids is 2. The Morgan fingerprint density at radius 3 is 2.59 bits per heavy atom. The second-order valence-electron chi connectivity index (χ2n) is 7.95. The van der Waals surface area contributed by atoms with Crippen LogP contribution in [0.5, 0.6) is 0 Å². The van der Waals surface area contributed by atoms with Gasteiger partial charge in [0.15, 0.2) is 0 Å². The molecule has 148 valence electrons. The van der Waals surface area contributed by atoms with Gasteiger partial charge in [0, 0.05) is 48.1 Å². The summed E-state index contributed by atoms with van der Waals surface area (Å²) in [7, 11) is 0. The number of Topliss-reactive ketones (excluding diaryl/α,β-unsaturated/α-hetero) is 1. The van der Waals surface area contributed by atoms with E-state index < -0.39 is 0 Å². The first-order chi connectivity index (χ1) is 14.2. The van der Waals surface area contributed by atoms with Gasteiger partial charge in [-0.05, 0) is 37.3 Å². The summed E-state index contributed by atoms with van der Waals surface area (Å²) in [6.07, 6.45) is 6.68. The summed E-state index contributed by atoms with van der Waals surface area (Å²) in [4.78, 5) is 34.3. The van der Waals surface area contributed by atoms with Crippen LogP contribution >= 0.6 is 11.3 Å². The molecule has 2 aliphatic rings. The Balaban J connectivity index is 1.29. The lowest BCUT2D eigenvalue weighted by Crippen LogP contribution is -2.27. The summed E-state index contributed by atoms with van der Waals surface area (Å²) < 4.78 is 0. The second kappa shape index (κ2) is 7.59. The highest BCUT2D eigenvalue weighted by Gasteiger charge is 2.29. The number of H-pyrrole nitrogens is 1. The van der Waals surface area contributed by atoms with Crippen molar-refractivity contribution >= 4 is 23.0 Å². The first-order valence-electron chi connectivity index (χ1n) is 10.2. The van der Waals surface area contributed by atoms with Crippen molar-refractivity contribution in [1.29, 1.82) is 0 Å². The number of thiazole rings is 1. The predicted octanol–water partition coefficient (Wildman–Crippen LogP) is 4.56. The first kappa shape index (κ1) is 18.3. The Kier molecular flexibility index (Phi) is 4.79. The van der Waals surface area contributed by atoms with Crippen LogP contribution in [-0.2, 0) is 11.2 Å². The van der Waals surface area contributed by atoms with Gasteiger partial charge in [0.25, 0.3) is 5.91 Å². The van der Waals surface area contributed by atoms with Gasteiger partial charge in [-0.25, -0.2) is 4.98 Å². The van der Waals surface area contributed by atoms with Crippen molar-refractivity contribution in [3.05, 3.63) is 53.2 Å². The van der Waals surface area contributed by atoms with Crippen LogP contribution < -0.4 is 0 Å². The van der Waals surface area contributed by atoms with Gasteiger partial charge in [-0.15, -0.1) is 11.3 Å². The van der Waals surface area contributed by atoms with E-state index >= 15 is 0 Å². The molecule has 2 aromatic heterocycles. The third kappa shape index (κ3) is 3.90. The molecule has 5 rings (SSSR count). The molecule has 1 aliphatic carbocycles. The zero-order chi connectivity index (χ0) is 19.8. The zero-order valence-corrected chi connectivity index (χ0v) is 17.0. The number of rotatable bonds is 6. The first-order valence-corrected chi connectivity index (χ1v) is 11.1. The Hall–Kier alpha value is -2.73. The number of nitrogens with zero attached hydrogens (tertiary/aromatic N) is 2. The van der Waals surface area contributed by atoms with Gasteiger partial charge in [0.2, 0.25) is 0 Å². The quantitative estimate of drug-likeness (QED) is 0.654. The highest BCUT2D eigenvalue weighted by molar-refractivity contribution is 7.13. The summed E-state index contributed by atoms with van der Waals surface area (Å²) in [5.74, 6) is 0.737. The van der Waals surface area contributed by atoms with Crippen LogP contribution in [0.4, 0.5) is 0 Å². The summed E-state index contributed by atoms with van der Waals surface area (Å²) >= 11 is 1.59. The zero-order valence-electron chi connectivity index (χ0n) is 16.2. The van der Waals surface area contributed by atoms with Crippen molar-refractivity contribution < 1.29 is 9.59 Å². The van der Waals surface area contributed by atoms with E-state index in [1.165, 1.54) is 0 Å². The molecule has 0 spiro atoms. The van der Waals surface area contributed by atoms with Crippen molar-refractivity contribution in [2.75, 3.05) is 13.1 Å². The van der Waals surface area contributed by atoms with Crippen molar-refractivity contribution in [2.24, 2.45) is 5.92 Å². The molecule has 1 saturated heterocycles. The standard InChI is InChI=1S/C23H23N3O2S/c27-21(16-7-8-16)11-15-3-5-17(6-4-15)22-25-20(14-29-22)18-12-19(24-13-18)23(28)26-9-1-2-10-26/h3-6,12-14,16,24H,1-2,7-11H2. The third-order valence-electron chi connectivity index (χ3n) is 5.72. The molecule has 0 unspecified atom stereocenters. The van der Waals surface area contributed by atoms with Gasteiger partial charge in [-0.1, -0.05) is 24.3 Å². The number of amides is 1. The minimum atomic E-state index is 0.0699. The monoisotopic (exact) mass is 405 g/mol. The Morgan fingerprint density at radius 2 is 1.86 bits per heavy atom. The van der Waals surface area contributed by atoms with Crippen LogP contribution in [0.15, 0.2) is 41.9 Å². The topological polar surface area (TPSA) is 66.1 Å². The molecule has 1 amide bonds. The molecule has 3 heterocycles. The van der Waals surface area contributed by atoms with Crippen LogP contribution in [0, 0.1) is 5.92 Å². The maximum Gasteiger partial charge on any atom is 0.270 e. The van der Waals surface area contributed by atoms with E-state index in [4.69, 9.17) is 4.98 Å². The van der Waals surface area contributed by atoms with E-state index in [0.717, 1.165) is 66.2 Å². The van der Waals surface area contributed by atoms with E-state index in [0.29, 0.717) is 23.8 Å². The Bertz CT molecular complexity index is 1040. The number of carbonyl (C=O) groups is 2. The Labute approximate surface area is 173 Å². The summed E-state index contributed by atoms with van der Waals surface area (Å²) in [6.45, 7) is 1.69. The number of benzene rings is 1. The largest absolute Gasteiger partial charge is 0.357 e. The number of nitrogens with one attached hydrogen (secondary N) is 1. The number of aromatic amines is 1. The molecule has 0 atom stereocenters. The van der Waals surface area contributed by atoms with Crippen LogP contribution in [0.3, 0.4) is 0 Å². The average molecular weight is 406 g/mol. The lowest BCUT2D eigenvalue weighted by atomic mass is 10.0. The van der Waals surface area contributed by atoms with E-state index in [9.17, 15) is 9.59 Å². The van der Waals surface area contributed by atoms with E-state index in [-0.39, 0.29) is 5.91 Å². The predicted molar refractivity (Wildman–Crippen MR) is 114 cm³/mol. The minimum Gasteiger partial charge on any atom is -0.357 e. The number of hydrogen-bond acceptors (Lipinski definition) is 4. The van der Waals surface area contributed by atoms with Crippen LogP contribution in [0.25, 0.3) is 21.8 Å². The summed E-state index contributed by atoms with van der Waals surface area (Å²) in [5.41, 5.74) is 4.54. The molecule has 1 saturated carbocycles. The number of ketones is 1. The van der Waals surface area contributed by atoms with Crippen LogP contribution in [0.1, 0.15) is 41.7 Å². The fourth-order valence-corrected chi connectivity index (χ4v) is 4.65. The molecular weight excluding hydrogens is 382 g/mol. The summed E-state index contributed by atoms with van der Waals surface area (Å²) in [5, 5.41) is 2.96. The van der Waals surface area contributed by atoms with E-state index in [1.54, 1.807) is 11.3 Å². The molecule has 5 nitrogen and oxygen atoms in total. The lowest BCUT2D eigenvalue weighted by Gasteiger charge is -2.13. The number of likely N-dealkylation sites (tertiary alicyclic amines) is 1. The van der Waals surface area contributed by atoms with Crippen LogP contribution in [-0.4, -0.2) is 39.6 Å². The van der Waals surface area contributed by atoms with Gasteiger partial charge in [0.1, 0.15) is 16.5 Å². The summed E-state index contributed by atoms with van der Waals surface area (Å²) in [6, 6.07) is 10.0. The normalized spacial score (nSPS) is 16.3. The van der Waals surface area contributed by atoms with E-state index in [1.807, 2.05) is 46.8 Å². The molecule has 0 radical (unpaired) electrons. The van der Waals surface area contributed by atoms with Crippen molar-refractivity contribution in [2.45, 2.75) is 32.1 Å².